The number of ether oxygens (including phenoxy) is 1. The van der Waals surface area contributed by atoms with E-state index in [0.717, 1.165) is 19.8 Å². The lowest BCUT2D eigenvalue weighted by Crippen LogP contribution is -2.25. The number of carbonyl (C=O) groups is 1. The minimum atomic E-state index is -0.833. The van der Waals surface area contributed by atoms with Gasteiger partial charge in [-0.2, -0.15) is 0 Å². The summed E-state index contributed by atoms with van der Waals surface area (Å²) in [5, 5.41) is 16.7. The number of aliphatic hydroxyl groups is 1. The highest BCUT2D eigenvalue weighted by molar-refractivity contribution is 5.62. The molecular formula is C12H22O4. The number of aliphatic hydroxyl groups excluding tert-OH is 1. The van der Waals surface area contributed by atoms with Gasteiger partial charge in [-0.05, 0) is 6.42 Å². The third-order valence-electron chi connectivity index (χ3n) is 1.62. The first kappa shape index (κ1) is 17.3. The van der Waals surface area contributed by atoms with Gasteiger partial charge < -0.3 is 14.9 Å². The van der Waals surface area contributed by atoms with Crippen LogP contribution in [0.5, 0.6) is 0 Å². The molecule has 0 aliphatic heterocycles. The summed E-state index contributed by atoms with van der Waals surface area (Å²) in [4.78, 5) is 9.00. The number of hydrogen-bond acceptors (Lipinski definition) is 3. The quantitative estimate of drug-likeness (QED) is 0.518. The highest BCUT2D eigenvalue weighted by Crippen LogP contribution is 2.03. The lowest BCUT2D eigenvalue weighted by molar-refractivity contribution is -0.134. The minimum absolute atomic E-state index is 0.311. The molecule has 0 rings (SSSR count). The molecule has 4 heteroatoms. The van der Waals surface area contributed by atoms with Crippen molar-refractivity contribution < 1.29 is 19.7 Å². The van der Waals surface area contributed by atoms with Crippen molar-refractivity contribution in [2.45, 2.75) is 38.9 Å². The Kier molecular flexibility index (Phi) is 12.9. The average molecular weight is 230 g/mol. The van der Waals surface area contributed by atoms with Crippen molar-refractivity contribution in [2.75, 3.05) is 6.61 Å². The minimum Gasteiger partial charge on any atom is -0.481 e. The van der Waals surface area contributed by atoms with E-state index in [9.17, 15) is 5.11 Å². The molecule has 2 N–H and O–H groups in total. The maximum Gasteiger partial charge on any atom is 0.300 e. The number of rotatable bonds is 7. The fourth-order valence-electron chi connectivity index (χ4n) is 0.804. The zero-order chi connectivity index (χ0) is 13.0. The van der Waals surface area contributed by atoms with E-state index in [2.05, 4.69) is 20.1 Å². The van der Waals surface area contributed by atoms with E-state index in [4.69, 9.17) is 14.6 Å². The average Bonchev–Trinajstić information content (AvgIpc) is 2.23. The molecule has 0 radical (unpaired) electrons. The third kappa shape index (κ3) is 12.9. The number of aliphatic carboxylic acids is 1. The van der Waals surface area contributed by atoms with Crippen molar-refractivity contribution in [3.05, 3.63) is 25.3 Å². The van der Waals surface area contributed by atoms with Gasteiger partial charge in [0.1, 0.15) is 12.2 Å². The lowest BCUT2D eigenvalue weighted by atomic mass is 10.2. The Labute approximate surface area is 97.2 Å². The molecule has 94 valence electrons. The molecule has 4 nitrogen and oxygen atoms in total. The third-order valence-corrected chi connectivity index (χ3v) is 1.62. The van der Waals surface area contributed by atoms with Gasteiger partial charge in [-0.15, -0.1) is 13.2 Å². The molecule has 0 spiro atoms. The van der Waals surface area contributed by atoms with E-state index in [-0.39, 0.29) is 6.10 Å². The number of hydrogen-bond donors (Lipinski definition) is 2. The van der Waals surface area contributed by atoms with Crippen LogP contribution in [0.1, 0.15) is 26.7 Å². The topological polar surface area (TPSA) is 66.8 Å². The van der Waals surface area contributed by atoms with Gasteiger partial charge in [-0.3, -0.25) is 4.79 Å². The van der Waals surface area contributed by atoms with Crippen LogP contribution in [-0.2, 0) is 9.53 Å². The molecule has 0 bridgehead atoms. The Bertz CT molecular complexity index is 197. The second-order valence-corrected chi connectivity index (χ2v) is 3.17. The van der Waals surface area contributed by atoms with Gasteiger partial charge in [0.25, 0.3) is 5.97 Å². The fraction of sp³-hybridized carbons (Fsp3) is 0.583. The van der Waals surface area contributed by atoms with Gasteiger partial charge in [0.05, 0.1) is 0 Å². The van der Waals surface area contributed by atoms with Crippen LogP contribution in [0.2, 0.25) is 0 Å². The molecule has 0 aliphatic carbocycles. The maximum atomic E-state index is 9.30. The molecule has 16 heavy (non-hydrogen) atoms. The zero-order valence-corrected chi connectivity index (χ0v) is 10.1. The van der Waals surface area contributed by atoms with Crippen LogP contribution in [-0.4, -0.2) is 35.0 Å². The SMILES string of the molecule is C=CC(O)C(C=C)OCCCC.CC(=O)O. The Morgan fingerprint density at radius 2 is 1.94 bits per heavy atom. The van der Waals surface area contributed by atoms with Gasteiger partial charge in [0.2, 0.25) is 0 Å². The molecule has 0 saturated heterocycles. The van der Waals surface area contributed by atoms with Crippen LogP contribution >= 0.6 is 0 Å². The largest absolute Gasteiger partial charge is 0.481 e. The Morgan fingerprint density at radius 3 is 2.25 bits per heavy atom. The van der Waals surface area contributed by atoms with E-state index < -0.39 is 12.1 Å². The highest BCUT2D eigenvalue weighted by atomic mass is 16.5. The molecule has 0 aromatic heterocycles. The first-order valence-corrected chi connectivity index (χ1v) is 5.23. The summed E-state index contributed by atoms with van der Waals surface area (Å²) in [6, 6.07) is 0. The summed E-state index contributed by atoms with van der Waals surface area (Å²) < 4.78 is 5.35. The van der Waals surface area contributed by atoms with Crippen LogP contribution in [0.25, 0.3) is 0 Å². The molecule has 0 aromatic carbocycles. The monoisotopic (exact) mass is 230 g/mol. The summed E-state index contributed by atoms with van der Waals surface area (Å²) >= 11 is 0. The predicted octanol–water partition coefficient (Wildman–Crippen LogP) is 2.00. The molecule has 0 fully saturated rings. The van der Waals surface area contributed by atoms with Crippen molar-refractivity contribution in [1.29, 1.82) is 0 Å². The summed E-state index contributed by atoms with van der Waals surface area (Å²) in [5.74, 6) is -0.833. The van der Waals surface area contributed by atoms with Crippen LogP contribution < -0.4 is 0 Å². The standard InChI is InChI=1S/C10H18O2.C2H4O2/c1-4-7-8-12-10(6-3)9(11)5-2;1-2(3)4/h5-6,9-11H,2-4,7-8H2,1H3;1H3,(H,3,4). The van der Waals surface area contributed by atoms with Crippen LogP contribution in [0.15, 0.2) is 25.3 Å². The normalized spacial score (nSPS) is 12.9. The summed E-state index contributed by atoms with van der Waals surface area (Å²) in [7, 11) is 0. The smallest absolute Gasteiger partial charge is 0.300 e. The van der Waals surface area contributed by atoms with Crippen molar-refractivity contribution in [3.8, 4) is 0 Å². The number of carboxylic acids is 1. The first-order chi connectivity index (χ1) is 7.49. The van der Waals surface area contributed by atoms with E-state index >= 15 is 0 Å². The summed E-state index contributed by atoms with van der Waals surface area (Å²) in [6.45, 7) is 10.9. The maximum absolute atomic E-state index is 9.30. The molecular weight excluding hydrogens is 208 g/mol. The van der Waals surface area contributed by atoms with Gasteiger partial charge in [0.15, 0.2) is 0 Å². The molecule has 0 heterocycles. The molecule has 2 unspecified atom stereocenters. The van der Waals surface area contributed by atoms with E-state index in [1.807, 2.05) is 0 Å². The van der Waals surface area contributed by atoms with Gasteiger partial charge in [-0.25, -0.2) is 0 Å². The van der Waals surface area contributed by atoms with Crippen LogP contribution in [0.3, 0.4) is 0 Å². The highest BCUT2D eigenvalue weighted by Gasteiger charge is 2.11. The Morgan fingerprint density at radius 1 is 1.44 bits per heavy atom. The Balaban J connectivity index is 0. The molecule has 2 atom stereocenters. The van der Waals surface area contributed by atoms with E-state index in [1.165, 1.54) is 6.08 Å². The second kappa shape index (κ2) is 11.9. The van der Waals surface area contributed by atoms with Crippen LogP contribution in [0, 0.1) is 0 Å². The summed E-state index contributed by atoms with van der Waals surface area (Å²) in [5.41, 5.74) is 0. The Hall–Kier alpha value is -1.13. The van der Waals surface area contributed by atoms with E-state index in [0.29, 0.717) is 6.61 Å². The second-order valence-electron chi connectivity index (χ2n) is 3.17. The van der Waals surface area contributed by atoms with Crippen molar-refractivity contribution in [3.63, 3.8) is 0 Å². The van der Waals surface area contributed by atoms with Gasteiger partial charge in [-0.1, -0.05) is 25.5 Å². The van der Waals surface area contributed by atoms with Crippen LogP contribution in [0.4, 0.5) is 0 Å². The van der Waals surface area contributed by atoms with E-state index in [1.54, 1.807) is 6.08 Å². The molecule has 0 amide bonds. The van der Waals surface area contributed by atoms with Crippen molar-refractivity contribution in [2.24, 2.45) is 0 Å². The first-order valence-electron chi connectivity index (χ1n) is 5.23. The fourth-order valence-corrected chi connectivity index (χ4v) is 0.804. The number of unbranched alkanes of at least 4 members (excludes halogenated alkanes) is 1. The molecule has 0 aromatic rings. The number of carboxylic acid groups (broad SMARTS) is 1. The molecule has 0 aliphatic rings. The van der Waals surface area contributed by atoms with Gasteiger partial charge in [0, 0.05) is 13.5 Å². The zero-order valence-electron chi connectivity index (χ0n) is 10.1. The molecule has 0 saturated carbocycles. The summed E-state index contributed by atoms with van der Waals surface area (Å²) in [6.07, 6.45) is 4.20. The van der Waals surface area contributed by atoms with Gasteiger partial charge >= 0.3 is 0 Å². The van der Waals surface area contributed by atoms with Crippen molar-refractivity contribution in [1.82, 2.24) is 0 Å². The predicted molar refractivity (Wildman–Crippen MR) is 64.4 cm³/mol. The lowest BCUT2D eigenvalue weighted by Gasteiger charge is -2.16. The van der Waals surface area contributed by atoms with Crippen molar-refractivity contribution >= 4 is 5.97 Å².